The summed E-state index contributed by atoms with van der Waals surface area (Å²) in [5.41, 5.74) is 4.11. The van der Waals surface area contributed by atoms with Crippen molar-refractivity contribution in [3.63, 3.8) is 0 Å². The minimum Gasteiger partial charge on any atom is -0.462 e. The Kier molecular flexibility index (Phi) is 6.76. The third-order valence-corrected chi connectivity index (χ3v) is 8.59. The quantitative estimate of drug-likeness (QED) is 0.216. The summed E-state index contributed by atoms with van der Waals surface area (Å²) in [6.07, 6.45) is 0.566. The molecule has 196 valence electrons. The number of esters is 1. The number of fused-ring (bicyclic) bond motifs is 2. The molecule has 1 aliphatic heterocycles. The van der Waals surface area contributed by atoms with Crippen molar-refractivity contribution < 1.29 is 23.8 Å². The Balaban J connectivity index is 1.38. The molecule has 1 amide bonds. The Bertz CT molecular complexity index is 1710. The minimum absolute atomic E-state index is 0.206. The topological polar surface area (TPSA) is 86.8 Å². The molecule has 3 aromatic heterocycles. The van der Waals surface area contributed by atoms with Crippen molar-refractivity contribution in [3.8, 4) is 22.1 Å². The Hall–Kier alpha value is -4.21. The Labute approximate surface area is 233 Å². The number of carbonyl (C=O) groups is 2. The summed E-state index contributed by atoms with van der Waals surface area (Å²) in [7, 11) is 0. The maximum atomic E-state index is 13.8. The zero-order chi connectivity index (χ0) is 26.9. The number of hydrogen-bond donors (Lipinski definition) is 1. The Morgan fingerprint density at radius 1 is 1.05 bits per heavy atom. The van der Waals surface area contributed by atoms with E-state index in [9.17, 15) is 9.59 Å². The van der Waals surface area contributed by atoms with Crippen LogP contribution in [0.4, 0.5) is 5.00 Å². The highest BCUT2D eigenvalue weighted by atomic mass is 32.1. The van der Waals surface area contributed by atoms with Crippen molar-refractivity contribution in [3.05, 3.63) is 93.2 Å². The van der Waals surface area contributed by atoms with Crippen LogP contribution in [0, 0.1) is 6.92 Å². The largest absolute Gasteiger partial charge is 0.462 e. The molecule has 0 radical (unpaired) electrons. The lowest BCUT2D eigenvalue weighted by Crippen LogP contribution is -2.15. The first-order valence-corrected chi connectivity index (χ1v) is 14.1. The number of thiophene rings is 2. The maximum absolute atomic E-state index is 13.8. The number of aromatic nitrogens is 1. The molecule has 0 fully saturated rings. The van der Waals surface area contributed by atoms with Crippen LogP contribution in [0.15, 0.2) is 66.0 Å². The monoisotopic (exact) mass is 556 g/mol. The van der Waals surface area contributed by atoms with Gasteiger partial charge in [-0.3, -0.25) is 4.79 Å². The summed E-state index contributed by atoms with van der Waals surface area (Å²) < 4.78 is 16.3. The molecule has 1 N–H and O–H groups in total. The minimum atomic E-state index is -0.461. The molecule has 1 aliphatic rings. The van der Waals surface area contributed by atoms with Gasteiger partial charge in [-0.1, -0.05) is 30.3 Å². The van der Waals surface area contributed by atoms with E-state index in [-0.39, 0.29) is 19.3 Å². The number of nitrogens with one attached hydrogen (secondary N) is 1. The average molecular weight is 557 g/mol. The first kappa shape index (κ1) is 25.1. The number of ether oxygens (including phenoxy) is 3. The number of benzene rings is 2. The van der Waals surface area contributed by atoms with Gasteiger partial charge in [0.1, 0.15) is 5.00 Å². The molecule has 0 atom stereocenters. The number of amides is 1. The van der Waals surface area contributed by atoms with Gasteiger partial charge < -0.3 is 19.5 Å². The van der Waals surface area contributed by atoms with Crippen LogP contribution in [0.3, 0.4) is 0 Å². The van der Waals surface area contributed by atoms with E-state index in [0.717, 1.165) is 37.5 Å². The van der Waals surface area contributed by atoms with E-state index in [4.69, 9.17) is 19.2 Å². The van der Waals surface area contributed by atoms with Gasteiger partial charge in [0.2, 0.25) is 6.79 Å². The SMILES string of the molecule is CCOC(=O)c1c(NC(=O)c2cc(-c3cccs3)nc3ccccc23)sc(Cc2ccc3c(c2)OCO3)c1C. The van der Waals surface area contributed by atoms with Gasteiger partial charge in [-0.15, -0.1) is 22.7 Å². The molecule has 0 bridgehead atoms. The second kappa shape index (κ2) is 10.5. The second-order valence-electron chi connectivity index (χ2n) is 8.94. The van der Waals surface area contributed by atoms with Gasteiger partial charge in [0.05, 0.1) is 33.8 Å². The fourth-order valence-corrected chi connectivity index (χ4v) is 6.50. The first-order valence-electron chi connectivity index (χ1n) is 12.4. The van der Waals surface area contributed by atoms with Crippen molar-refractivity contribution in [1.29, 1.82) is 0 Å². The summed E-state index contributed by atoms with van der Waals surface area (Å²) in [5, 5.41) is 6.21. The van der Waals surface area contributed by atoms with Crippen LogP contribution in [0.25, 0.3) is 21.5 Å². The molecule has 2 aromatic carbocycles. The third kappa shape index (κ3) is 4.86. The first-order chi connectivity index (χ1) is 19.0. The van der Waals surface area contributed by atoms with Crippen molar-refractivity contribution in [2.75, 3.05) is 18.7 Å². The van der Waals surface area contributed by atoms with E-state index < -0.39 is 5.97 Å². The molecule has 0 saturated carbocycles. The highest BCUT2D eigenvalue weighted by molar-refractivity contribution is 7.17. The van der Waals surface area contributed by atoms with Crippen LogP contribution in [0.1, 0.15) is 43.6 Å². The fourth-order valence-electron chi connectivity index (χ4n) is 4.59. The van der Waals surface area contributed by atoms with Crippen molar-refractivity contribution in [2.45, 2.75) is 20.3 Å². The Morgan fingerprint density at radius 3 is 2.72 bits per heavy atom. The zero-order valence-corrected chi connectivity index (χ0v) is 22.9. The number of carbonyl (C=O) groups excluding carboxylic acids is 2. The number of hydrogen-bond acceptors (Lipinski definition) is 8. The van der Waals surface area contributed by atoms with Gasteiger partial charge in [-0.05, 0) is 60.7 Å². The number of para-hydroxylation sites is 1. The Morgan fingerprint density at radius 2 is 1.90 bits per heavy atom. The number of anilines is 1. The summed E-state index contributed by atoms with van der Waals surface area (Å²) in [6, 6.07) is 19.1. The van der Waals surface area contributed by atoms with Crippen molar-refractivity contribution >= 4 is 50.5 Å². The van der Waals surface area contributed by atoms with Gasteiger partial charge in [0.25, 0.3) is 5.91 Å². The predicted octanol–water partition coefficient (Wildman–Crippen LogP) is 7.08. The summed E-state index contributed by atoms with van der Waals surface area (Å²) >= 11 is 2.94. The van der Waals surface area contributed by atoms with E-state index >= 15 is 0 Å². The molecule has 9 heteroatoms. The van der Waals surface area contributed by atoms with Gasteiger partial charge >= 0.3 is 5.97 Å². The number of nitrogens with zero attached hydrogens (tertiary/aromatic N) is 1. The normalized spacial score (nSPS) is 12.1. The molecule has 0 unspecified atom stereocenters. The van der Waals surface area contributed by atoms with E-state index in [0.29, 0.717) is 34.0 Å². The van der Waals surface area contributed by atoms with Crippen LogP contribution >= 0.6 is 22.7 Å². The van der Waals surface area contributed by atoms with E-state index in [1.165, 1.54) is 11.3 Å². The molecule has 0 spiro atoms. The average Bonchev–Trinajstić information content (AvgIpc) is 3.69. The highest BCUT2D eigenvalue weighted by Crippen LogP contribution is 2.38. The molecule has 5 aromatic rings. The molecule has 7 nitrogen and oxygen atoms in total. The maximum Gasteiger partial charge on any atom is 0.341 e. The van der Waals surface area contributed by atoms with Crippen LogP contribution in [0.2, 0.25) is 0 Å². The highest BCUT2D eigenvalue weighted by Gasteiger charge is 2.25. The van der Waals surface area contributed by atoms with Crippen LogP contribution < -0.4 is 14.8 Å². The van der Waals surface area contributed by atoms with E-state index in [1.54, 1.807) is 18.3 Å². The van der Waals surface area contributed by atoms with Gasteiger partial charge in [0.15, 0.2) is 11.5 Å². The summed E-state index contributed by atoms with van der Waals surface area (Å²) in [6.45, 7) is 4.09. The lowest BCUT2D eigenvalue weighted by Gasteiger charge is -2.10. The third-order valence-electron chi connectivity index (χ3n) is 6.49. The molecule has 0 aliphatic carbocycles. The second-order valence-corrected chi connectivity index (χ2v) is 11.0. The van der Waals surface area contributed by atoms with Crippen LogP contribution in [-0.4, -0.2) is 30.3 Å². The lowest BCUT2D eigenvalue weighted by atomic mass is 10.0. The van der Waals surface area contributed by atoms with Crippen LogP contribution in [0.5, 0.6) is 11.5 Å². The van der Waals surface area contributed by atoms with Gasteiger partial charge in [-0.2, -0.15) is 0 Å². The molecular formula is C30H24N2O5S2. The summed E-state index contributed by atoms with van der Waals surface area (Å²) in [4.78, 5) is 33.5. The molecule has 6 rings (SSSR count). The smallest absolute Gasteiger partial charge is 0.341 e. The predicted molar refractivity (Wildman–Crippen MR) is 153 cm³/mol. The molecular weight excluding hydrogens is 532 g/mol. The number of rotatable bonds is 7. The van der Waals surface area contributed by atoms with Crippen molar-refractivity contribution in [2.24, 2.45) is 0 Å². The molecule has 4 heterocycles. The number of pyridine rings is 1. The fraction of sp³-hybridized carbons (Fsp3) is 0.167. The zero-order valence-electron chi connectivity index (χ0n) is 21.3. The standard InChI is InChI=1S/C30H24N2O5S2/c1-3-35-30(34)27-17(2)26(14-18-10-11-23-24(13-18)37-16-36-23)39-29(27)32-28(33)20-15-22(25-9-6-12-38-25)31-21-8-5-4-7-19(20)21/h4-13,15H,3,14,16H2,1-2H3,(H,32,33). The lowest BCUT2D eigenvalue weighted by molar-refractivity contribution is 0.0527. The van der Waals surface area contributed by atoms with Crippen molar-refractivity contribution in [1.82, 2.24) is 4.98 Å². The molecule has 39 heavy (non-hydrogen) atoms. The molecule has 0 saturated heterocycles. The van der Waals surface area contributed by atoms with E-state index in [1.807, 2.05) is 73.0 Å². The van der Waals surface area contributed by atoms with Crippen LogP contribution in [-0.2, 0) is 11.2 Å². The summed E-state index contributed by atoms with van der Waals surface area (Å²) in [5.74, 6) is 0.644. The van der Waals surface area contributed by atoms with Gasteiger partial charge in [-0.25, -0.2) is 9.78 Å². The van der Waals surface area contributed by atoms with Gasteiger partial charge in [0, 0.05) is 16.7 Å². The van der Waals surface area contributed by atoms with E-state index in [2.05, 4.69) is 5.32 Å².